The summed E-state index contributed by atoms with van der Waals surface area (Å²) in [4.78, 5) is 12.3. The fourth-order valence-corrected chi connectivity index (χ4v) is 5.12. The second kappa shape index (κ2) is 12.7. The second-order valence-electron chi connectivity index (χ2n) is 9.84. The Morgan fingerprint density at radius 3 is 2.55 bits per heavy atom. The summed E-state index contributed by atoms with van der Waals surface area (Å²) >= 11 is 0. The number of hydrogen-bond donors (Lipinski definition) is 1. The van der Waals surface area contributed by atoms with Gasteiger partial charge in [0.25, 0.3) is 0 Å². The molecular weight excluding hydrogens is 474 g/mol. The Labute approximate surface area is 224 Å². The fourth-order valence-electron chi connectivity index (χ4n) is 5.12. The first-order chi connectivity index (χ1) is 18.7. The van der Waals surface area contributed by atoms with Crippen LogP contribution in [-0.2, 0) is 22.5 Å². The molecule has 1 N–H and O–H groups in total. The van der Waals surface area contributed by atoms with Gasteiger partial charge in [-0.05, 0) is 77.5 Å². The summed E-state index contributed by atoms with van der Waals surface area (Å²) in [7, 11) is 1.58. The highest BCUT2D eigenvalue weighted by atomic mass is 16.5. The Hall–Kier alpha value is -3.67. The van der Waals surface area contributed by atoms with E-state index in [1.165, 1.54) is 27.5 Å². The maximum absolute atomic E-state index is 12.3. The molecule has 0 aromatic heterocycles. The van der Waals surface area contributed by atoms with Crippen molar-refractivity contribution in [3.63, 3.8) is 0 Å². The SMILES string of the molecule is COc1cccc(C(=O)OCCCc2ccc(C3CCNCC3OCc3ccc4ccccc4c3)cc2)c1. The molecule has 1 aliphatic rings. The van der Waals surface area contributed by atoms with E-state index in [-0.39, 0.29) is 12.1 Å². The van der Waals surface area contributed by atoms with Crippen LogP contribution in [0.2, 0.25) is 0 Å². The van der Waals surface area contributed by atoms with Crippen LogP contribution in [0.5, 0.6) is 5.75 Å². The molecule has 1 aliphatic heterocycles. The third kappa shape index (κ3) is 6.60. The Bertz CT molecular complexity index is 1350. The minimum absolute atomic E-state index is 0.136. The highest BCUT2D eigenvalue weighted by Gasteiger charge is 2.27. The average Bonchev–Trinajstić information content (AvgIpc) is 2.98. The van der Waals surface area contributed by atoms with Crippen molar-refractivity contribution >= 4 is 16.7 Å². The summed E-state index contributed by atoms with van der Waals surface area (Å²) in [6.07, 6.45) is 2.83. The van der Waals surface area contributed by atoms with Gasteiger partial charge in [-0.3, -0.25) is 0 Å². The minimum Gasteiger partial charge on any atom is -0.497 e. The number of carbonyl (C=O) groups is 1. The molecule has 0 aliphatic carbocycles. The Kier molecular flexibility index (Phi) is 8.69. The van der Waals surface area contributed by atoms with Crippen molar-refractivity contribution < 1.29 is 19.0 Å². The largest absolute Gasteiger partial charge is 0.497 e. The average molecular weight is 510 g/mol. The van der Waals surface area contributed by atoms with Crippen LogP contribution in [0, 0.1) is 0 Å². The van der Waals surface area contributed by atoms with E-state index >= 15 is 0 Å². The van der Waals surface area contributed by atoms with Gasteiger partial charge in [-0.25, -0.2) is 4.79 Å². The standard InChI is InChI=1S/C33H35NO4/c1-36-30-10-4-9-29(21-30)33(35)37-19-5-6-24-11-15-27(16-12-24)31-17-18-34-22-32(31)38-23-25-13-14-26-7-2-3-8-28(26)20-25/h2-4,7-16,20-21,31-32,34H,5-6,17-19,22-23H2,1H3. The third-order valence-electron chi connectivity index (χ3n) is 7.26. The van der Waals surface area contributed by atoms with Crippen molar-refractivity contribution in [3.05, 3.63) is 113 Å². The number of hydrogen-bond acceptors (Lipinski definition) is 5. The topological polar surface area (TPSA) is 56.8 Å². The zero-order chi connectivity index (χ0) is 26.2. The lowest BCUT2D eigenvalue weighted by atomic mass is 9.87. The number of aryl methyl sites for hydroxylation is 1. The number of ether oxygens (including phenoxy) is 3. The smallest absolute Gasteiger partial charge is 0.338 e. The first kappa shape index (κ1) is 26.0. The fraction of sp³-hybridized carbons (Fsp3) is 0.303. The van der Waals surface area contributed by atoms with Crippen molar-refractivity contribution in [2.24, 2.45) is 0 Å². The predicted molar refractivity (Wildman–Crippen MR) is 151 cm³/mol. The molecule has 5 heteroatoms. The van der Waals surface area contributed by atoms with E-state index in [0.717, 1.165) is 32.4 Å². The lowest BCUT2D eigenvalue weighted by Crippen LogP contribution is -2.40. The van der Waals surface area contributed by atoms with Crippen molar-refractivity contribution in [3.8, 4) is 5.75 Å². The van der Waals surface area contributed by atoms with Gasteiger partial charge in [0.2, 0.25) is 0 Å². The van der Waals surface area contributed by atoms with Gasteiger partial charge >= 0.3 is 5.97 Å². The molecule has 1 saturated heterocycles. The lowest BCUT2D eigenvalue weighted by molar-refractivity contribution is 0.0106. The maximum atomic E-state index is 12.3. The summed E-state index contributed by atoms with van der Waals surface area (Å²) in [6, 6.07) is 30.9. The van der Waals surface area contributed by atoms with Crippen LogP contribution < -0.4 is 10.1 Å². The number of fused-ring (bicyclic) bond motifs is 1. The number of rotatable bonds is 10. The number of carbonyl (C=O) groups excluding carboxylic acids is 1. The molecule has 0 radical (unpaired) electrons. The van der Waals surface area contributed by atoms with Crippen LogP contribution in [-0.4, -0.2) is 38.9 Å². The molecule has 0 saturated carbocycles. The van der Waals surface area contributed by atoms with E-state index in [4.69, 9.17) is 14.2 Å². The number of nitrogens with one attached hydrogen (secondary N) is 1. The summed E-state index contributed by atoms with van der Waals surface area (Å²) in [6.45, 7) is 2.86. The van der Waals surface area contributed by atoms with Gasteiger partial charge in [-0.15, -0.1) is 0 Å². The van der Waals surface area contributed by atoms with E-state index in [1.807, 2.05) is 6.07 Å². The summed E-state index contributed by atoms with van der Waals surface area (Å²) in [5.74, 6) is 0.698. The highest BCUT2D eigenvalue weighted by molar-refractivity contribution is 5.89. The molecule has 0 spiro atoms. The van der Waals surface area contributed by atoms with Gasteiger partial charge < -0.3 is 19.5 Å². The molecule has 0 bridgehead atoms. The van der Waals surface area contributed by atoms with E-state index < -0.39 is 0 Å². The van der Waals surface area contributed by atoms with E-state index in [9.17, 15) is 4.79 Å². The van der Waals surface area contributed by atoms with Crippen LogP contribution >= 0.6 is 0 Å². The van der Waals surface area contributed by atoms with Crippen molar-refractivity contribution in [2.75, 3.05) is 26.8 Å². The number of esters is 1. The summed E-state index contributed by atoms with van der Waals surface area (Å²) in [5.41, 5.74) is 4.28. The molecule has 38 heavy (non-hydrogen) atoms. The molecule has 4 aromatic rings. The Morgan fingerprint density at radius 2 is 1.71 bits per heavy atom. The molecule has 2 unspecified atom stereocenters. The highest BCUT2D eigenvalue weighted by Crippen LogP contribution is 2.29. The Morgan fingerprint density at radius 1 is 0.895 bits per heavy atom. The molecule has 1 heterocycles. The van der Waals surface area contributed by atoms with Crippen LogP contribution in [0.3, 0.4) is 0 Å². The van der Waals surface area contributed by atoms with E-state index in [2.05, 4.69) is 72.0 Å². The van der Waals surface area contributed by atoms with Crippen LogP contribution in [0.15, 0.2) is 91.0 Å². The van der Waals surface area contributed by atoms with Gasteiger partial charge in [0.15, 0.2) is 0 Å². The van der Waals surface area contributed by atoms with Gasteiger partial charge in [0.1, 0.15) is 5.75 Å². The molecule has 4 aromatic carbocycles. The van der Waals surface area contributed by atoms with Crippen molar-refractivity contribution in [2.45, 2.75) is 37.9 Å². The van der Waals surface area contributed by atoms with Gasteiger partial charge in [0.05, 0.1) is 32.0 Å². The monoisotopic (exact) mass is 509 g/mol. The normalized spacial score (nSPS) is 17.3. The van der Waals surface area contributed by atoms with E-state index in [1.54, 1.807) is 25.3 Å². The first-order valence-corrected chi connectivity index (χ1v) is 13.4. The molecule has 5 nitrogen and oxygen atoms in total. The number of benzene rings is 4. The predicted octanol–water partition coefficient (Wildman–Crippen LogP) is 6.30. The molecule has 0 amide bonds. The van der Waals surface area contributed by atoms with Gasteiger partial charge in [0, 0.05) is 12.5 Å². The summed E-state index contributed by atoms with van der Waals surface area (Å²) < 4.78 is 17.1. The van der Waals surface area contributed by atoms with Gasteiger partial charge in [-0.1, -0.05) is 66.7 Å². The zero-order valence-corrected chi connectivity index (χ0v) is 21.9. The minimum atomic E-state index is -0.320. The molecule has 5 rings (SSSR count). The van der Waals surface area contributed by atoms with Crippen LogP contribution in [0.25, 0.3) is 10.8 Å². The molecule has 196 valence electrons. The molecule has 1 fully saturated rings. The van der Waals surface area contributed by atoms with E-state index in [0.29, 0.717) is 30.4 Å². The third-order valence-corrected chi connectivity index (χ3v) is 7.26. The number of piperidine rings is 1. The first-order valence-electron chi connectivity index (χ1n) is 13.4. The quantitative estimate of drug-likeness (QED) is 0.201. The maximum Gasteiger partial charge on any atom is 0.338 e. The Balaban J connectivity index is 1.12. The van der Waals surface area contributed by atoms with Crippen molar-refractivity contribution in [1.29, 1.82) is 0 Å². The molecule has 2 atom stereocenters. The van der Waals surface area contributed by atoms with Crippen molar-refractivity contribution in [1.82, 2.24) is 5.32 Å². The van der Waals surface area contributed by atoms with Crippen LogP contribution in [0.1, 0.15) is 45.8 Å². The lowest BCUT2D eigenvalue weighted by Gasteiger charge is -2.32. The molecular formula is C33H35NO4. The second-order valence-corrected chi connectivity index (χ2v) is 9.84. The number of methoxy groups -OCH3 is 1. The van der Waals surface area contributed by atoms with Gasteiger partial charge in [-0.2, -0.15) is 0 Å². The van der Waals surface area contributed by atoms with Crippen LogP contribution in [0.4, 0.5) is 0 Å². The zero-order valence-electron chi connectivity index (χ0n) is 21.9. The summed E-state index contributed by atoms with van der Waals surface area (Å²) in [5, 5.41) is 6.00.